The van der Waals surface area contributed by atoms with E-state index in [0.29, 0.717) is 0 Å². The van der Waals surface area contributed by atoms with Crippen LogP contribution in [0.2, 0.25) is 0 Å². The lowest BCUT2D eigenvalue weighted by molar-refractivity contribution is 0.141. The summed E-state index contributed by atoms with van der Waals surface area (Å²) in [7, 11) is 1.66. The molecule has 0 aliphatic carbocycles. The highest BCUT2D eigenvalue weighted by Crippen LogP contribution is 2.39. The number of aromatic nitrogens is 1. The summed E-state index contributed by atoms with van der Waals surface area (Å²) in [4.78, 5) is 2.26. The topological polar surface area (TPSA) is 76.5 Å². The number of hydrogen-bond acceptors (Lipinski definition) is 5. The Morgan fingerprint density at radius 3 is 2.50 bits per heavy atom. The molecule has 9 heteroatoms. The van der Waals surface area contributed by atoms with Crippen LogP contribution in [-0.2, 0) is 9.05 Å². The van der Waals surface area contributed by atoms with E-state index in [4.69, 9.17) is 10.7 Å². The quantitative estimate of drug-likeness (QED) is 0.848. The molecule has 1 N–H and O–H groups in total. The Labute approximate surface area is 94.1 Å². The number of alkyl halides is 2. The Hall–Kier alpha value is -1.15. The van der Waals surface area contributed by atoms with E-state index >= 15 is 0 Å². The number of methoxy groups -OCH3 is 1. The van der Waals surface area contributed by atoms with Crippen molar-refractivity contribution in [1.82, 2.24) is 4.98 Å². The van der Waals surface area contributed by atoms with Gasteiger partial charge in [-0.3, -0.25) is 0 Å². The van der Waals surface area contributed by atoms with Gasteiger partial charge in [0.25, 0.3) is 15.5 Å². The Morgan fingerprint density at radius 2 is 2.12 bits per heavy atom. The summed E-state index contributed by atoms with van der Waals surface area (Å²) < 4.78 is 51.3. The van der Waals surface area contributed by atoms with E-state index in [1.807, 2.05) is 0 Å². The van der Waals surface area contributed by atoms with Crippen LogP contribution in [0.15, 0.2) is 11.1 Å². The van der Waals surface area contributed by atoms with Crippen molar-refractivity contribution in [1.29, 1.82) is 0 Å². The lowest BCUT2D eigenvalue weighted by Crippen LogP contribution is -2.02. The van der Waals surface area contributed by atoms with Gasteiger partial charge in [0.1, 0.15) is 5.69 Å². The van der Waals surface area contributed by atoms with Crippen molar-refractivity contribution >= 4 is 19.7 Å². The number of nitrogens with zero attached hydrogens (tertiary/aromatic N) is 1. The highest BCUT2D eigenvalue weighted by atomic mass is 35.7. The average Bonchev–Trinajstić information content (AvgIpc) is 2.14. The molecule has 16 heavy (non-hydrogen) atoms. The van der Waals surface area contributed by atoms with Gasteiger partial charge in [0.05, 0.1) is 13.3 Å². The Morgan fingerprint density at radius 1 is 1.56 bits per heavy atom. The van der Waals surface area contributed by atoms with Crippen molar-refractivity contribution < 1.29 is 27.0 Å². The van der Waals surface area contributed by atoms with Crippen LogP contribution >= 0.6 is 10.7 Å². The second-order valence-electron chi connectivity index (χ2n) is 2.63. The van der Waals surface area contributed by atoms with E-state index < -0.39 is 37.6 Å². The summed E-state index contributed by atoms with van der Waals surface area (Å²) in [6.07, 6.45) is -2.38. The fourth-order valence-corrected chi connectivity index (χ4v) is 2.18. The molecule has 0 atom stereocenters. The number of halogens is 3. The molecule has 0 aliphatic rings. The van der Waals surface area contributed by atoms with Gasteiger partial charge in [0, 0.05) is 10.7 Å². The minimum Gasteiger partial charge on any atom is -0.504 e. The van der Waals surface area contributed by atoms with Gasteiger partial charge in [0.15, 0.2) is 16.4 Å². The molecular formula is C7H6ClF2NO4S. The molecule has 1 heterocycles. The van der Waals surface area contributed by atoms with E-state index in [0.717, 1.165) is 13.3 Å². The van der Waals surface area contributed by atoms with Gasteiger partial charge in [-0.1, -0.05) is 0 Å². The Bertz CT molecular complexity index is 505. The van der Waals surface area contributed by atoms with Crippen LogP contribution in [0.25, 0.3) is 0 Å². The SMILES string of the molecule is COc1cnc(C(F)F)c(O)c1S(=O)(=O)Cl. The predicted molar refractivity (Wildman–Crippen MR) is 50.4 cm³/mol. The molecule has 1 rings (SSSR count). The van der Waals surface area contributed by atoms with Crippen molar-refractivity contribution in [2.24, 2.45) is 0 Å². The third-order valence-electron chi connectivity index (χ3n) is 1.67. The van der Waals surface area contributed by atoms with Crippen LogP contribution < -0.4 is 4.74 Å². The number of aromatic hydroxyl groups is 1. The summed E-state index contributed by atoms with van der Waals surface area (Å²) in [5.74, 6) is -1.61. The number of hydrogen-bond donors (Lipinski definition) is 1. The zero-order valence-electron chi connectivity index (χ0n) is 7.82. The van der Waals surface area contributed by atoms with Crippen LogP contribution in [0.3, 0.4) is 0 Å². The van der Waals surface area contributed by atoms with Gasteiger partial charge in [-0.15, -0.1) is 0 Å². The van der Waals surface area contributed by atoms with E-state index in [1.54, 1.807) is 0 Å². The van der Waals surface area contributed by atoms with Crippen LogP contribution in [0.5, 0.6) is 11.5 Å². The number of ether oxygens (including phenoxy) is 1. The molecule has 5 nitrogen and oxygen atoms in total. The van der Waals surface area contributed by atoms with Crippen molar-refractivity contribution in [2.75, 3.05) is 7.11 Å². The minimum absolute atomic E-state index is 0.406. The zero-order valence-corrected chi connectivity index (χ0v) is 9.39. The van der Waals surface area contributed by atoms with Crippen molar-refractivity contribution in [3.8, 4) is 11.5 Å². The molecule has 0 aliphatic heterocycles. The maximum absolute atomic E-state index is 12.3. The fourth-order valence-electron chi connectivity index (χ4n) is 1.02. The molecule has 0 aromatic carbocycles. The lowest BCUT2D eigenvalue weighted by atomic mass is 10.3. The van der Waals surface area contributed by atoms with Gasteiger partial charge in [0.2, 0.25) is 0 Å². The van der Waals surface area contributed by atoms with Crippen LogP contribution in [0.1, 0.15) is 12.1 Å². The van der Waals surface area contributed by atoms with Gasteiger partial charge in [-0.2, -0.15) is 0 Å². The summed E-state index contributed by atoms with van der Waals surface area (Å²) in [6, 6.07) is 0. The maximum atomic E-state index is 12.3. The molecule has 0 fully saturated rings. The molecule has 0 radical (unpaired) electrons. The summed E-state index contributed by atoms with van der Waals surface area (Å²) in [5, 5.41) is 9.32. The van der Waals surface area contributed by atoms with Crippen molar-refractivity contribution in [3.05, 3.63) is 11.9 Å². The maximum Gasteiger partial charge on any atom is 0.284 e. The van der Waals surface area contributed by atoms with Gasteiger partial charge >= 0.3 is 0 Å². The largest absolute Gasteiger partial charge is 0.504 e. The predicted octanol–water partition coefficient (Wildman–Crippen LogP) is 1.66. The molecular weight excluding hydrogens is 268 g/mol. The summed E-state index contributed by atoms with van der Waals surface area (Å²) in [5.41, 5.74) is -1.07. The first kappa shape index (κ1) is 12.9. The first-order valence-electron chi connectivity index (χ1n) is 3.77. The molecule has 1 aromatic heterocycles. The van der Waals surface area contributed by atoms with Gasteiger partial charge in [-0.25, -0.2) is 22.2 Å². The normalized spacial score (nSPS) is 11.8. The number of rotatable bonds is 3. The molecule has 0 saturated carbocycles. The van der Waals surface area contributed by atoms with Crippen molar-refractivity contribution in [2.45, 2.75) is 11.3 Å². The van der Waals surface area contributed by atoms with E-state index in [-0.39, 0.29) is 0 Å². The zero-order chi connectivity index (χ0) is 12.5. The van der Waals surface area contributed by atoms with Crippen molar-refractivity contribution in [3.63, 3.8) is 0 Å². The lowest BCUT2D eigenvalue weighted by Gasteiger charge is -2.09. The van der Waals surface area contributed by atoms with E-state index in [9.17, 15) is 22.3 Å². The Balaban J connectivity index is 3.60. The van der Waals surface area contributed by atoms with Gasteiger partial charge < -0.3 is 9.84 Å². The fraction of sp³-hybridized carbons (Fsp3) is 0.286. The third kappa shape index (κ3) is 2.33. The van der Waals surface area contributed by atoms with Crippen LogP contribution in [-0.4, -0.2) is 25.6 Å². The molecule has 0 unspecified atom stereocenters. The summed E-state index contributed by atoms with van der Waals surface area (Å²) in [6.45, 7) is 0. The Kier molecular flexibility index (Phi) is 3.54. The van der Waals surface area contributed by atoms with E-state index in [1.165, 1.54) is 0 Å². The average molecular weight is 274 g/mol. The second kappa shape index (κ2) is 4.38. The van der Waals surface area contributed by atoms with Crippen LogP contribution in [0.4, 0.5) is 8.78 Å². The molecule has 0 amide bonds. The molecule has 90 valence electrons. The summed E-state index contributed by atoms with van der Waals surface area (Å²) >= 11 is 0. The first-order chi connectivity index (χ1) is 7.29. The highest BCUT2D eigenvalue weighted by molar-refractivity contribution is 8.13. The third-order valence-corrected chi connectivity index (χ3v) is 3.02. The van der Waals surface area contributed by atoms with E-state index in [2.05, 4.69) is 9.72 Å². The molecule has 0 bridgehead atoms. The monoisotopic (exact) mass is 273 g/mol. The molecule has 1 aromatic rings. The molecule has 0 spiro atoms. The smallest absolute Gasteiger partial charge is 0.284 e. The first-order valence-corrected chi connectivity index (χ1v) is 6.08. The number of pyridine rings is 1. The standard InChI is InChI=1S/C7H6ClF2NO4S/c1-15-3-2-11-4(7(9)10)5(12)6(3)16(8,13)14/h2,7,12H,1H3. The van der Waals surface area contributed by atoms with Gasteiger partial charge in [-0.05, 0) is 0 Å². The highest BCUT2D eigenvalue weighted by Gasteiger charge is 2.28. The van der Waals surface area contributed by atoms with Crippen LogP contribution in [0, 0.1) is 0 Å². The second-order valence-corrected chi connectivity index (χ2v) is 5.13. The minimum atomic E-state index is -4.41. The molecule has 0 saturated heterocycles.